The van der Waals surface area contributed by atoms with Crippen molar-refractivity contribution in [2.45, 2.75) is 84.1 Å². The molecule has 1 N–H and O–H groups in total. The Kier molecular flexibility index (Phi) is 8.45. The lowest BCUT2D eigenvalue weighted by molar-refractivity contribution is -0.205. The number of nitrogens with zero attached hydrogens (tertiary/aromatic N) is 5. The average Bonchev–Trinajstić information content (AvgIpc) is 3.55. The van der Waals surface area contributed by atoms with Gasteiger partial charge in [-0.15, -0.1) is 16.8 Å². The molecule has 1 aromatic heterocycles. The lowest BCUT2D eigenvalue weighted by atomic mass is 9.44. The summed E-state index contributed by atoms with van der Waals surface area (Å²) in [5, 5.41) is 34.0. The van der Waals surface area contributed by atoms with E-state index in [9.17, 15) is 14.7 Å². The maximum Gasteiger partial charge on any atom is 0.316 e. The highest BCUT2D eigenvalue weighted by Crippen LogP contribution is 2.68. The predicted octanol–water partition coefficient (Wildman–Crippen LogP) is 5.34. The van der Waals surface area contributed by atoms with Crippen molar-refractivity contribution < 1.29 is 19.4 Å². The van der Waals surface area contributed by atoms with Crippen LogP contribution in [-0.4, -0.2) is 55.9 Å². The quantitative estimate of drug-likeness (QED) is 0.194. The van der Waals surface area contributed by atoms with E-state index in [4.69, 9.17) is 10.00 Å². The summed E-state index contributed by atoms with van der Waals surface area (Å²) in [5.41, 5.74) is -0.193. The van der Waals surface area contributed by atoms with Gasteiger partial charge >= 0.3 is 5.97 Å². The molecule has 228 valence electrons. The lowest BCUT2D eigenvalue weighted by Gasteiger charge is -2.61. The number of benzene rings is 1. The van der Waals surface area contributed by atoms with E-state index in [1.54, 1.807) is 48.2 Å². The number of rotatable bonds is 7. The van der Waals surface area contributed by atoms with Gasteiger partial charge in [0.15, 0.2) is 5.82 Å². The second-order valence-corrected chi connectivity index (χ2v) is 14.1. The molecule has 10 heteroatoms. The number of Topliss-reactive ketones (excluding diaryl/α,β-unsaturated/α-hetero) is 1. The zero-order valence-corrected chi connectivity index (χ0v) is 26.4. The summed E-state index contributed by atoms with van der Waals surface area (Å²) in [7, 11) is 0. The molecule has 3 fully saturated rings. The van der Waals surface area contributed by atoms with Gasteiger partial charge in [-0.2, -0.15) is 15.0 Å². The monoisotopic (exact) mass is 603 g/mol. The summed E-state index contributed by atoms with van der Waals surface area (Å²) in [6, 6.07) is 9.13. The van der Waals surface area contributed by atoms with Crippen molar-refractivity contribution in [3.63, 3.8) is 0 Å². The SMILES string of the molecule is C=C[C@]1(C)C[C@@H](OC(=O)CSc2nnc(C)n2/N=C/c2ccc(C#N)cc2)[C@]2(C)[C@H](C)CC[C@]3(CCC(=O)[C@H]32)[C@@H](C)[C@@H]1O. The molecule has 9 nitrogen and oxygen atoms in total. The van der Waals surface area contributed by atoms with Crippen molar-refractivity contribution in [3.05, 3.63) is 53.9 Å². The molecule has 5 rings (SSSR count). The first-order valence-electron chi connectivity index (χ1n) is 15.0. The smallest absolute Gasteiger partial charge is 0.316 e. The summed E-state index contributed by atoms with van der Waals surface area (Å²) in [4.78, 5) is 27.1. The number of ketones is 1. The van der Waals surface area contributed by atoms with Gasteiger partial charge in [-0.05, 0) is 67.6 Å². The van der Waals surface area contributed by atoms with E-state index in [0.717, 1.165) is 24.8 Å². The largest absolute Gasteiger partial charge is 0.461 e. The third-order valence-electron chi connectivity index (χ3n) is 11.0. The minimum Gasteiger partial charge on any atom is -0.461 e. The first-order chi connectivity index (χ1) is 20.4. The molecule has 1 aromatic carbocycles. The molecule has 0 aliphatic heterocycles. The fraction of sp³-hybridized carbons (Fsp3) is 0.576. The molecule has 3 aliphatic rings. The molecule has 2 bridgehead atoms. The zero-order valence-electron chi connectivity index (χ0n) is 25.6. The molecule has 0 radical (unpaired) electrons. The average molecular weight is 604 g/mol. The molecule has 2 aromatic rings. The standard InChI is InChI=1S/C33H41N5O4S/c1-7-31(5)16-26(32(6)20(2)12-14-33(21(3)29(31)41)15-13-25(39)28(32)33)42-27(40)19-43-30-37-36-22(4)38(30)35-18-24-10-8-23(17-34)9-11-24/h7-11,18,20-21,26,28-29,41H,1,12-16,19H2,2-6H3/b35-18+/t20-,21+,26-,28+,29+,31-,32+,33+/m1/s1. The number of aliphatic hydroxyl groups excluding tert-OH is 1. The molecule has 43 heavy (non-hydrogen) atoms. The van der Waals surface area contributed by atoms with E-state index in [0.29, 0.717) is 29.4 Å². The Bertz CT molecular complexity index is 1480. The Labute approximate surface area is 257 Å². The van der Waals surface area contributed by atoms with E-state index in [1.807, 2.05) is 6.92 Å². The van der Waals surface area contributed by atoms with Crippen LogP contribution in [0.1, 0.15) is 76.8 Å². The molecular weight excluding hydrogens is 562 g/mol. The van der Waals surface area contributed by atoms with E-state index in [2.05, 4.69) is 48.7 Å². The van der Waals surface area contributed by atoms with Crippen LogP contribution in [-0.2, 0) is 14.3 Å². The number of ether oxygens (including phenoxy) is 1. The lowest BCUT2D eigenvalue weighted by Crippen LogP contribution is -2.63. The predicted molar refractivity (Wildman–Crippen MR) is 164 cm³/mol. The summed E-state index contributed by atoms with van der Waals surface area (Å²) in [6.07, 6.45) is 5.64. The molecule has 0 spiro atoms. The van der Waals surface area contributed by atoms with Crippen LogP contribution in [0, 0.1) is 52.3 Å². The van der Waals surface area contributed by atoms with Gasteiger partial charge in [-0.3, -0.25) is 9.59 Å². The maximum absolute atomic E-state index is 13.6. The minimum atomic E-state index is -0.706. The van der Waals surface area contributed by atoms with Crippen LogP contribution in [0.4, 0.5) is 0 Å². The second kappa shape index (κ2) is 11.7. The van der Waals surface area contributed by atoms with Crippen molar-refractivity contribution in [2.24, 2.45) is 39.1 Å². The van der Waals surface area contributed by atoms with Crippen LogP contribution >= 0.6 is 11.8 Å². The third kappa shape index (κ3) is 5.25. The van der Waals surface area contributed by atoms with Crippen molar-refractivity contribution in [1.82, 2.24) is 14.9 Å². The Morgan fingerprint density at radius 2 is 2.00 bits per heavy atom. The molecule has 8 atom stereocenters. The molecular formula is C33H41N5O4S. The van der Waals surface area contributed by atoms with Crippen LogP contribution in [0.3, 0.4) is 0 Å². The summed E-state index contributed by atoms with van der Waals surface area (Å²) < 4.78 is 7.91. The highest BCUT2D eigenvalue weighted by molar-refractivity contribution is 7.99. The first-order valence-corrected chi connectivity index (χ1v) is 16.0. The van der Waals surface area contributed by atoms with Gasteiger partial charge in [0.05, 0.1) is 29.7 Å². The summed E-state index contributed by atoms with van der Waals surface area (Å²) in [5.74, 6) is 0.180. The number of nitriles is 1. The maximum atomic E-state index is 13.6. The number of thioether (sulfide) groups is 1. The molecule has 1 heterocycles. The molecule has 3 aliphatic carbocycles. The zero-order chi connectivity index (χ0) is 31.2. The Morgan fingerprint density at radius 1 is 1.28 bits per heavy atom. The number of esters is 1. The van der Waals surface area contributed by atoms with Crippen molar-refractivity contribution >= 4 is 29.7 Å². The normalized spacial score (nSPS) is 35.6. The number of aliphatic hydroxyl groups is 1. The van der Waals surface area contributed by atoms with Crippen LogP contribution in [0.25, 0.3) is 0 Å². The van der Waals surface area contributed by atoms with Crippen molar-refractivity contribution in [1.29, 1.82) is 5.26 Å². The summed E-state index contributed by atoms with van der Waals surface area (Å²) in [6.45, 7) is 14.3. The number of aryl methyl sites for hydroxylation is 1. The Balaban J connectivity index is 1.38. The highest BCUT2D eigenvalue weighted by Gasteiger charge is 2.68. The van der Waals surface area contributed by atoms with Gasteiger partial charge in [0, 0.05) is 23.2 Å². The fourth-order valence-corrected chi connectivity index (χ4v) is 8.86. The second-order valence-electron chi connectivity index (χ2n) is 13.2. The first kappa shape index (κ1) is 31.1. The third-order valence-corrected chi connectivity index (χ3v) is 11.9. The van der Waals surface area contributed by atoms with Gasteiger partial charge in [0.25, 0.3) is 0 Å². The van der Waals surface area contributed by atoms with Crippen LogP contribution < -0.4 is 0 Å². The molecule has 0 amide bonds. The van der Waals surface area contributed by atoms with E-state index in [1.165, 1.54) is 11.8 Å². The number of hydrogen-bond acceptors (Lipinski definition) is 9. The van der Waals surface area contributed by atoms with Crippen LogP contribution in [0.2, 0.25) is 0 Å². The van der Waals surface area contributed by atoms with Crippen molar-refractivity contribution in [2.75, 3.05) is 5.75 Å². The number of carbonyl (C=O) groups excluding carboxylic acids is 2. The highest BCUT2D eigenvalue weighted by atomic mass is 32.2. The Hall–Kier alpha value is -3.29. The van der Waals surface area contributed by atoms with E-state index < -0.39 is 29.0 Å². The molecule has 0 unspecified atom stereocenters. The van der Waals surface area contributed by atoms with Gasteiger partial charge in [-0.1, -0.05) is 57.7 Å². The van der Waals surface area contributed by atoms with E-state index in [-0.39, 0.29) is 34.7 Å². The van der Waals surface area contributed by atoms with Gasteiger partial charge < -0.3 is 9.84 Å². The van der Waals surface area contributed by atoms with Crippen LogP contribution in [0.15, 0.2) is 47.2 Å². The fourth-order valence-electron chi connectivity index (χ4n) is 8.15. The summed E-state index contributed by atoms with van der Waals surface area (Å²) >= 11 is 1.18. The van der Waals surface area contributed by atoms with Crippen molar-refractivity contribution in [3.8, 4) is 6.07 Å². The molecule has 0 saturated heterocycles. The Morgan fingerprint density at radius 3 is 2.67 bits per heavy atom. The minimum absolute atomic E-state index is 0.0149. The van der Waals surface area contributed by atoms with Gasteiger partial charge in [0.2, 0.25) is 5.16 Å². The molecule has 3 saturated carbocycles. The van der Waals surface area contributed by atoms with E-state index >= 15 is 0 Å². The number of aromatic nitrogens is 3. The number of hydrogen-bond donors (Lipinski definition) is 1. The number of carbonyl (C=O) groups is 2. The van der Waals surface area contributed by atoms with Crippen LogP contribution in [0.5, 0.6) is 0 Å². The van der Waals surface area contributed by atoms with Gasteiger partial charge in [-0.25, -0.2) is 0 Å². The van der Waals surface area contributed by atoms with Gasteiger partial charge in [0.1, 0.15) is 11.9 Å². The topological polar surface area (TPSA) is 130 Å².